The molecule has 0 aliphatic rings. The van der Waals surface area contributed by atoms with Crippen LogP contribution in [-0.4, -0.2) is 17.1 Å². The standard InChI is InChI=1S/C17H20N2O2/c1-12-7-10-16(20)15(11-12)19-17(21)14(18)9-8-13-5-3-2-4-6-13/h2-7,10-11,14,20H,8-9,18H2,1H3,(H,19,21)/t14-/m0/s1. The molecule has 1 atom stereocenters. The Balaban J connectivity index is 1.92. The van der Waals surface area contributed by atoms with E-state index < -0.39 is 6.04 Å². The molecule has 4 nitrogen and oxygen atoms in total. The number of carbonyl (C=O) groups is 1. The molecule has 2 aromatic rings. The van der Waals surface area contributed by atoms with Gasteiger partial charge in [-0.2, -0.15) is 0 Å². The number of phenols is 1. The number of amides is 1. The summed E-state index contributed by atoms with van der Waals surface area (Å²) in [7, 11) is 0. The molecule has 0 saturated heterocycles. The highest BCUT2D eigenvalue weighted by Gasteiger charge is 2.15. The first-order valence-corrected chi connectivity index (χ1v) is 6.96. The van der Waals surface area contributed by atoms with Crippen LogP contribution in [0.25, 0.3) is 0 Å². The van der Waals surface area contributed by atoms with Crippen molar-refractivity contribution in [3.63, 3.8) is 0 Å². The largest absolute Gasteiger partial charge is 0.506 e. The fraction of sp³-hybridized carbons (Fsp3) is 0.235. The molecule has 110 valence electrons. The van der Waals surface area contributed by atoms with Crippen molar-refractivity contribution in [1.29, 1.82) is 0 Å². The van der Waals surface area contributed by atoms with E-state index in [1.165, 1.54) is 0 Å². The fourth-order valence-corrected chi connectivity index (χ4v) is 2.07. The van der Waals surface area contributed by atoms with Gasteiger partial charge in [-0.1, -0.05) is 36.4 Å². The van der Waals surface area contributed by atoms with Crippen molar-refractivity contribution >= 4 is 11.6 Å². The lowest BCUT2D eigenvalue weighted by molar-refractivity contribution is -0.117. The molecule has 0 saturated carbocycles. The summed E-state index contributed by atoms with van der Waals surface area (Å²) < 4.78 is 0. The van der Waals surface area contributed by atoms with Crippen LogP contribution in [0.4, 0.5) is 5.69 Å². The summed E-state index contributed by atoms with van der Waals surface area (Å²) in [4.78, 5) is 12.0. The topological polar surface area (TPSA) is 75.3 Å². The van der Waals surface area contributed by atoms with Gasteiger partial charge in [0.15, 0.2) is 0 Å². The second-order valence-corrected chi connectivity index (χ2v) is 5.14. The molecular weight excluding hydrogens is 264 g/mol. The summed E-state index contributed by atoms with van der Waals surface area (Å²) in [6.07, 6.45) is 1.30. The molecule has 0 aromatic heterocycles. The van der Waals surface area contributed by atoms with Crippen molar-refractivity contribution in [1.82, 2.24) is 0 Å². The third-order valence-electron chi connectivity index (χ3n) is 3.33. The number of phenolic OH excluding ortho intramolecular Hbond substituents is 1. The quantitative estimate of drug-likeness (QED) is 0.739. The van der Waals surface area contributed by atoms with Crippen molar-refractivity contribution < 1.29 is 9.90 Å². The molecule has 0 radical (unpaired) electrons. The summed E-state index contributed by atoms with van der Waals surface area (Å²) in [5, 5.41) is 12.4. The predicted molar refractivity (Wildman–Crippen MR) is 84.2 cm³/mol. The average molecular weight is 284 g/mol. The number of hydrogen-bond acceptors (Lipinski definition) is 3. The van der Waals surface area contributed by atoms with E-state index in [9.17, 15) is 9.90 Å². The molecule has 0 spiro atoms. The molecule has 21 heavy (non-hydrogen) atoms. The van der Waals surface area contributed by atoms with E-state index in [2.05, 4.69) is 5.32 Å². The van der Waals surface area contributed by atoms with Gasteiger partial charge in [0.05, 0.1) is 11.7 Å². The van der Waals surface area contributed by atoms with Crippen LogP contribution in [0.15, 0.2) is 48.5 Å². The number of benzene rings is 2. The van der Waals surface area contributed by atoms with Crippen LogP contribution in [0.1, 0.15) is 17.5 Å². The lowest BCUT2D eigenvalue weighted by atomic mass is 10.1. The Morgan fingerprint density at radius 2 is 1.95 bits per heavy atom. The van der Waals surface area contributed by atoms with E-state index in [0.29, 0.717) is 12.1 Å². The minimum Gasteiger partial charge on any atom is -0.506 e. The second kappa shape index (κ2) is 6.90. The van der Waals surface area contributed by atoms with Crippen LogP contribution in [-0.2, 0) is 11.2 Å². The monoisotopic (exact) mass is 284 g/mol. The fourth-order valence-electron chi connectivity index (χ4n) is 2.07. The lowest BCUT2D eigenvalue weighted by Gasteiger charge is -2.13. The maximum atomic E-state index is 12.0. The van der Waals surface area contributed by atoms with Gasteiger partial charge in [0.2, 0.25) is 5.91 Å². The minimum absolute atomic E-state index is 0.0456. The van der Waals surface area contributed by atoms with Gasteiger partial charge in [0, 0.05) is 0 Å². The zero-order chi connectivity index (χ0) is 15.2. The predicted octanol–water partition coefficient (Wildman–Crippen LogP) is 2.60. The van der Waals surface area contributed by atoms with E-state index in [4.69, 9.17) is 5.73 Å². The number of hydrogen-bond donors (Lipinski definition) is 3. The first-order chi connectivity index (χ1) is 10.1. The number of nitrogens with one attached hydrogen (secondary N) is 1. The first kappa shape index (κ1) is 15.1. The number of rotatable bonds is 5. The molecule has 4 heteroatoms. The normalized spacial score (nSPS) is 11.9. The molecule has 2 aromatic carbocycles. The van der Waals surface area contributed by atoms with Gasteiger partial charge in [0.1, 0.15) is 5.75 Å². The van der Waals surface area contributed by atoms with Gasteiger partial charge in [0.25, 0.3) is 0 Å². The molecule has 0 bridgehead atoms. The van der Waals surface area contributed by atoms with Crippen LogP contribution >= 0.6 is 0 Å². The van der Waals surface area contributed by atoms with Gasteiger partial charge < -0.3 is 16.2 Å². The molecule has 0 unspecified atom stereocenters. The number of anilines is 1. The molecule has 0 aliphatic heterocycles. The summed E-state index contributed by atoms with van der Waals surface area (Å²) in [5.41, 5.74) is 8.42. The zero-order valence-corrected chi connectivity index (χ0v) is 12.0. The molecule has 4 N–H and O–H groups in total. The van der Waals surface area contributed by atoms with E-state index in [-0.39, 0.29) is 11.7 Å². The van der Waals surface area contributed by atoms with Gasteiger partial charge in [-0.05, 0) is 43.0 Å². The Bertz CT molecular complexity index is 611. The molecule has 0 fully saturated rings. The third-order valence-corrected chi connectivity index (χ3v) is 3.33. The number of aryl methyl sites for hydroxylation is 2. The Morgan fingerprint density at radius 1 is 1.24 bits per heavy atom. The first-order valence-electron chi connectivity index (χ1n) is 6.96. The van der Waals surface area contributed by atoms with Gasteiger partial charge in [-0.15, -0.1) is 0 Å². The summed E-state index contributed by atoms with van der Waals surface area (Å²) in [6.45, 7) is 1.89. The van der Waals surface area contributed by atoms with E-state index >= 15 is 0 Å². The van der Waals surface area contributed by atoms with Gasteiger partial charge >= 0.3 is 0 Å². The van der Waals surface area contributed by atoms with Crippen molar-refractivity contribution in [3.05, 3.63) is 59.7 Å². The average Bonchev–Trinajstić information content (AvgIpc) is 2.49. The summed E-state index contributed by atoms with van der Waals surface area (Å²) in [6, 6.07) is 14.4. The van der Waals surface area contributed by atoms with Crippen LogP contribution in [0, 0.1) is 6.92 Å². The van der Waals surface area contributed by atoms with E-state index in [1.54, 1.807) is 18.2 Å². The lowest BCUT2D eigenvalue weighted by Crippen LogP contribution is -2.36. The smallest absolute Gasteiger partial charge is 0.241 e. The van der Waals surface area contributed by atoms with Crippen LogP contribution in [0.3, 0.4) is 0 Å². The third kappa shape index (κ3) is 4.33. The number of carbonyl (C=O) groups excluding carboxylic acids is 1. The Labute approximate surface area is 124 Å². The maximum absolute atomic E-state index is 12.0. The van der Waals surface area contributed by atoms with Crippen molar-refractivity contribution in [2.24, 2.45) is 5.73 Å². The van der Waals surface area contributed by atoms with Crippen LogP contribution < -0.4 is 11.1 Å². The molecule has 0 heterocycles. The van der Waals surface area contributed by atoms with Crippen molar-refractivity contribution in [2.45, 2.75) is 25.8 Å². The van der Waals surface area contributed by atoms with Gasteiger partial charge in [-0.25, -0.2) is 0 Å². The maximum Gasteiger partial charge on any atom is 0.241 e. The molecule has 1 amide bonds. The Morgan fingerprint density at radius 3 is 2.67 bits per heavy atom. The summed E-state index contributed by atoms with van der Waals surface area (Å²) >= 11 is 0. The molecule has 0 aliphatic carbocycles. The summed E-state index contributed by atoms with van der Waals surface area (Å²) in [5.74, 6) is -0.240. The highest BCUT2D eigenvalue weighted by atomic mass is 16.3. The van der Waals surface area contributed by atoms with Crippen molar-refractivity contribution in [3.8, 4) is 5.75 Å². The minimum atomic E-state index is -0.606. The second-order valence-electron chi connectivity index (χ2n) is 5.14. The van der Waals surface area contributed by atoms with Crippen LogP contribution in [0.5, 0.6) is 5.75 Å². The highest BCUT2D eigenvalue weighted by Crippen LogP contribution is 2.24. The van der Waals surface area contributed by atoms with Crippen LogP contribution in [0.2, 0.25) is 0 Å². The SMILES string of the molecule is Cc1ccc(O)c(NC(=O)[C@@H](N)CCc2ccccc2)c1. The number of nitrogens with two attached hydrogens (primary N) is 1. The molecular formula is C17H20N2O2. The van der Waals surface area contributed by atoms with E-state index in [1.807, 2.05) is 37.3 Å². The Kier molecular flexibility index (Phi) is 4.95. The highest BCUT2D eigenvalue weighted by molar-refractivity contribution is 5.95. The Hall–Kier alpha value is -2.33. The van der Waals surface area contributed by atoms with E-state index in [0.717, 1.165) is 17.5 Å². The van der Waals surface area contributed by atoms with Crippen molar-refractivity contribution in [2.75, 3.05) is 5.32 Å². The number of aromatic hydroxyl groups is 1. The molecule has 2 rings (SSSR count). The zero-order valence-electron chi connectivity index (χ0n) is 12.0. The van der Waals surface area contributed by atoms with Gasteiger partial charge in [-0.3, -0.25) is 4.79 Å².